The van der Waals surface area contributed by atoms with Crippen molar-refractivity contribution in [2.24, 2.45) is 0 Å². The summed E-state index contributed by atoms with van der Waals surface area (Å²) in [6.45, 7) is 2.03. The van der Waals surface area contributed by atoms with Crippen molar-refractivity contribution >= 4 is 6.08 Å². The first-order valence-electron chi connectivity index (χ1n) is 6.89. The lowest BCUT2D eigenvalue weighted by atomic mass is 10.0. The van der Waals surface area contributed by atoms with Crippen molar-refractivity contribution in [1.82, 2.24) is 0 Å². The Hall–Kier alpha value is -2.44. The second-order valence-corrected chi connectivity index (χ2v) is 4.80. The number of rotatable bonds is 4. The van der Waals surface area contributed by atoms with Gasteiger partial charge in [-0.15, -0.1) is 0 Å². The molecule has 0 amide bonds. The van der Waals surface area contributed by atoms with E-state index >= 15 is 0 Å². The highest BCUT2D eigenvalue weighted by atomic mass is 19.4. The maximum atomic E-state index is 14.0. The molecule has 0 saturated heterocycles. The third-order valence-electron chi connectivity index (χ3n) is 3.08. The van der Waals surface area contributed by atoms with Crippen LogP contribution in [-0.4, -0.2) is 12.8 Å². The summed E-state index contributed by atoms with van der Waals surface area (Å²) in [7, 11) is 0. The van der Waals surface area contributed by atoms with Gasteiger partial charge in [0.2, 0.25) is 0 Å². The Kier molecular flexibility index (Phi) is 5.21. The van der Waals surface area contributed by atoms with Crippen LogP contribution in [0.3, 0.4) is 0 Å². The summed E-state index contributed by atoms with van der Waals surface area (Å²) in [6.07, 6.45) is -4.67. The average Bonchev–Trinajstić information content (AvgIpc) is 2.45. The third-order valence-corrected chi connectivity index (χ3v) is 3.08. The van der Waals surface area contributed by atoms with Crippen LogP contribution in [0.4, 0.5) is 26.3 Å². The summed E-state index contributed by atoms with van der Waals surface area (Å²) < 4.78 is 83.3. The molecule has 0 aromatic heterocycles. The lowest BCUT2D eigenvalue weighted by Gasteiger charge is -2.09. The average molecular weight is 346 g/mol. The molecule has 2 rings (SSSR count). The molecule has 0 heterocycles. The molecular weight excluding hydrogens is 334 g/mol. The zero-order chi connectivity index (χ0) is 17.9. The summed E-state index contributed by atoms with van der Waals surface area (Å²) >= 11 is 0. The quantitative estimate of drug-likeness (QED) is 0.641. The molecule has 0 aliphatic carbocycles. The summed E-state index contributed by atoms with van der Waals surface area (Å²) in [5.74, 6) is -2.96. The maximum absolute atomic E-state index is 14.0. The molecule has 1 nitrogen and oxygen atoms in total. The first kappa shape index (κ1) is 17.9. The van der Waals surface area contributed by atoms with Gasteiger partial charge >= 0.3 is 6.18 Å². The van der Waals surface area contributed by atoms with E-state index in [9.17, 15) is 26.3 Å². The van der Waals surface area contributed by atoms with Gasteiger partial charge in [0, 0.05) is 23.3 Å². The van der Waals surface area contributed by atoms with Gasteiger partial charge in [-0.25, -0.2) is 13.2 Å². The largest absolute Gasteiger partial charge is 0.494 e. The van der Waals surface area contributed by atoms with Crippen molar-refractivity contribution in [3.05, 3.63) is 59.4 Å². The molecule has 0 atom stereocenters. The lowest BCUT2D eigenvalue weighted by molar-refractivity contribution is -0.0790. The van der Waals surface area contributed by atoms with Crippen molar-refractivity contribution in [2.45, 2.75) is 13.1 Å². The van der Waals surface area contributed by atoms with Gasteiger partial charge in [0.05, 0.1) is 6.61 Å². The fourth-order valence-corrected chi connectivity index (χ4v) is 2.06. The molecule has 0 radical (unpaired) electrons. The van der Waals surface area contributed by atoms with Gasteiger partial charge < -0.3 is 4.74 Å². The Bertz CT molecular complexity index is 741. The topological polar surface area (TPSA) is 9.23 Å². The van der Waals surface area contributed by atoms with E-state index in [1.807, 2.05) is 0 Å². The molecule has 0 bridgehead atoms. The minimum absolute atomic E-state index is 0.0948. The maximum Gasteiger partial charge on any atom is 0.409 e. The minimum Gasteiger partial charge on any atom is -0.494 e. The number of ether oxygens (including phenoxy) is 1. The molecule has 0 fully saturated rings. The summed E-state index contributed by atoms with van der Waals surface area (Å²) in [6, 6.07) is 5.32. The van der Waals surface area contributed by atoms with E-state index in [0.29, 0.717) is 12.7 Å². The van der Waals surface area contributed by atoms with Gasteiger partial charge in [-0.2, -0.15) is 13.2 Å². The van der Waals surface area contributed by atoms with Crippen LogP contribution in [0.25, 0.3) is 17.2 Å². The van der Waals surface area contributed by atoms with Crippen LogP contribution in [0.1, 0.15) is 12.5 Å². The van der Waals surface area contributed by atoms with E-state index in [1.54, 1.807) is 6.92 Å². The highest BCUT2D eigenvalue weighted by Crippen LogP contribution is 2.30. The molecule has 0 aliphatic heterocycles. The minimum atomic E-state index is -4.70. The molecule has 2 aromatic carbocycles. The molecule has 24 heavy (non-hydrogen) atoms. The molecule has 0 saturated carbocycles. The molecule has 128 valence electrons. The smallest absolute Gasteiger partial charge is 0.409 e. The van der Waals surface area contributed by atoms with Crippen molar-refractivity contribution in [2.75, 3.05) is 6.61 Å². The highest BCUT2D eigenvalue weighted by Gasteiger charge is 2.23. The van der Waals surface area contributed by atoms with Crippen LogP contribution >= 0.6 is 0 Å². The Morgan fingerprint density at radius 3 is 2.08 bits per heavy atom. The van der Waals surface area contributed by atoms with Crippen molar-refractivity contribution < 1.29 is 31.1 Å². The molecule has 0 unspecified atom stereocenters. The summed E-state index contributed by atoms with van der Waals surface area (Å²) in [4.78, 5) is 0. The number of hydrogen-bond donors (Lipinski definition) is 0. The Morgan fingerprint density at radius 1 is 0.958 bits per heavy atom. The molecule has 7 heteroatoms. The fraction of sp³-hybridized carbons (Fsp3) is 0.176. The van der Waals surface area contributed by atoms with Crippen molar-refractivity contribution in [1.29, 1.82) is 0 Å². The van der Waals surface area contributed by atoms with Crippen LogP contribution in [-0.2, 0) is 0 Å². The van der Waals surface area contributed by atoms with Crippen LogP contribution in [0, 0.1) is 17.5 Å². The van der Waals surface area contributed by atoms with Gasteiger partial charge in [0.1, 0.15) is 23.2 Å². The fourth-order valence-electron chi connectivity index (χ4n) is 2.06. The van der Waals surface area contributed by atoms with Crippen LogP contribution in [0.15, 0.2) is 36.4 Å². The van der Waals surface area contributed by atoms with Crippen LogP contribution < -0.4 is 4.74 Å². The molecule has 2 aromatic rings. The Balaban J connectivity index is 2.42. The molecule has 0 spiro atoms. The summed E-state index contributed by atoms with van der Waals surface area (Å²) in [5, 5.41) is 0. The van der Waals surface area contributed by atoms with Crippen molar-refractivity contribution in [3.8, 4) is 16.9 Å². The van der Waals surface area contributed by atoms with Gasteiger partial charge in [-0.3, -0.25) is 0 Å². The zero-order valence-electron chi connectivity index (χ0n) is 12.4. The van der Waals surface area contributed by atoms with Gasteiger partial charge in [-0.05, 0) is 42.8 Å². The Labute approximate surface area is 134 Å². The monoisotopic (exact) mass is 346 g/mol. The predicted octanol–water partition coefficient (Wildman–Crippen LogP) is 5.75. The van der Waals surface area contributed by atoms with E-state index in [0.717, 1.165) is 18.2 Å². The third kappa shape index (κ3) is 4.31. The van der Waals surface area contributed by atoms with Gasteiger partial charge in [0.15, 0.2) is 0 Å². The number of benzene rings is 2. The molecule has 0 aliphatic rings. The first-order chi connectivity index (χ1) is 11.2. The number of halogens is 6. The van der Waals surface area contributed by atoms with E-state index in [2.05, 4.69) is 0 Å². The van der Waals surface area contributed by atoms with E-state index in [4.69, 9.17) is 4.74 Å². The van der Waals surface area contributed by atoms with Crippen LogP contribution in [0.5, 0.6) is 5.75 Å². The SMILES string of the molecule is CCOc1ccc(-c2cc(F)c(/C=C/C(F)(F)F)c(F)c2)c(F)c1. The zero-order valence-corrected chi connectivity index (χ0v) is 12.4. The van der Waals surface area contributed by atoms with Gasteiger partial charge in [0.25, 0.3) is 0 Å². The second kappa shape index (κ2) is 6.98. The molecule has 0 N–H and O–H groups in total. The molecular formula is C17H12F6O. The highest BCUT2D eigenvalue weighted by molar-refractivity contribution is 5.68. The number of alkyl halides is 3. The second-order valence-electron chi connectivity index (χ2n) is 4.80. The summed E-state index contributed by atoms with van der Waals surface area (Å²) in [5.41, 5.74) is -1.07. The van der Waals surface area contributed by atoms with Gasteiger partial charge in [-0.1, -0.05) is 0 Å². The number of hydrogen-bond acceptors (Lipinski definition) is 1. The standard InChI is InChI=1S/C17H12F6O/c1-2-24-11-3-4-12(16(20)9-11)10-7-14(18)13(15(19)8-10)5-6-17(21,22)23/h3-9H,2H2,1H3/b6-5+. The predicted molar refractivity (Wildman–Crippen MR) is 78.0 cm³/mol. The van der Waals surface area contributed by atoms with Crippen molar-refractivity contribution in [3.63, 3.8) is 0 Å². The lowest BCUT2D eigenvalue weighted by Crippen LogP contribution is -2.01. The van der Waals surface area contributed by atoms with E-state index in [-0.39, 0.29) is 23.0 Å². The van der Waals surface area contributed by atoms with E-state index in [1.165, 1.54) is 12.1 Å². The van der Waals surface area contributed by atoms with Crippen LogP contribution in [0.2, 0.25) is 0 Å². The van der Waals surface area contributed by atoms with E-state index < -0.39 is 29.2 Å². The normalized spacial score (nSPS) is 12.0. The first-order valence-corrected chi connectivity index (χ1v) is 6.89. The number of allylic oxidation sites excluding steroid dienone is 1. The Morgan fingerprint density at radius 2 is 1.58 bits per heavy atom.